The third-order valence-corrected chi connectivity index (χ3v) is 3.54. The second-order valence-electron chi connectivity index (χ2n) is 5.28. The van der Waals surface area contributed by atoms with Crippen LogP contribution in [0.5, 0.6) is 0 Å². The largest absolute Gasteiger partial charge is 0.384 e. The Labute approximate surface area is 103 Å². The highest BCUT2D eigenvalue weighted by molar-refractivity contribution is 5.94. The lowest BCUT2D eigenvalue weighted by Gasteiger charge is -2.16. The zero-order valence-electron chi connectivity index (χ0n) is 10.6. The molecule has 1 aromatic rings. The second-order valence-corrected chi connectivity index (χ2v) is 5.28. The number of nitrogens with zero attached hydrogens (tertiary/aromatic N) is 1. The fourth-order valence-corrected chi connectivity index (χ4v) is 2.22. The van der Waals surface area contributed by atoms with Crippen LogP contribution in [0.4, 0.5) is 0 Å². The Balaban J connectivity index is 1.87. The number of nitrogens with two attached hydrogens (primary N) is 1. The molecule has 17 heavy (non-hydrogen) atoms. The van der Waals surface area contributed by atoms with Crippen LogP contribution < -0.4 is 5.73 Å². The minimum Gasteiger partial charge on any atom is -0.384 e. The Morgan fingerprint density at radius 2 is 2.00 bits per heavy atom. The van der Waals surface area contributed by atoms with Crippen LogP contribution in [0.25, 0.3) is 0 Å². The molecule has 0 bridgehead atoms. The summed E-state index contributed by atoms with van der Waals surface area (Å²) in [7, 11) is 2.17. The van der Waals surface area contributed by atoms with Crippen LogP contribution in [0.15, 0.2) is 24.3 Å². The van der Waals surface area contributed by atoms with E-state index in [1.807, 2.05) is 12.1 Å². The molecule has 92 valence electrons. The summed E-state index contributed by atoms with van der Waals surface area (Å²) in [5.41, 5.74) is 7.51. The van der Waals surface area contributed by atoms with Crippen LogP contribution in [-0.4, -0.2) is 24.3 Å². The molecule has 3 nitrogen and oxygen atoms in total. The lowest BCUT2D eigenvalue weighted by Crippen LogP contribution is -2.21. The summed E-state index contributed by atoms with van der Waals surface area (Å²) in [5.74, 6) is 1.95. The molecule has 0 aromatic heterocycles. The highest BCUT2D eigenvalue weighted by Crippen LogP contribution is 2.38. The van der Waals surface area contributed by atoms with Gasteiger partial charge in [-0.3, -0.25) is 5.41 Å². The van der Waals surface area contributed by atoms with Gasteiger partial charge in [-0.1, -0.05) is 31.2 Å². The van der Waals surface area contributed by atoms with E-state index in [0.29, 0.717) is 0 Å². The molecule has 2 atom stereocenters. The molecule has 1 aliphatic carbocycles. The van der Waals surface area contributed by atoms with E-state index in [1.165, 1.54) is 18.5 Å². The van der Waals surface area contributed by atoms with E-state index >= 15 is 0 Å². The molecule has 2 unspecified atom stereocenters. The van der Waals surface area contributed by atoms with Crippen molar-refractivity contribution in [2.45, 2.75) is 19.9 Å². The first-order valence-electron chi connectivity index (χ1n) is 6.18. The third-order valence-electron chi connectivity index (χ3n) is 3.54. The Morgan fingerprint density at radius 1 is 1.41 bits per heavy atom. The molecule has 0 heterocycles. The van der Waals surface area contributed by atoms with Gasteiger partial charge in [0.15, 0.2) is 0 Å². The molecular formula is C14H21N3. The van der Waals surface area contributed by atoms with E-state index in [-0.39, 0.29) is 5.84 Å². The second kappa shape index (κ2) is 4.88. The normalized spacial score (nSPS) is 22.8. The predicted octanol–water partition coefficient (Wildman–Crippen LogP) is 2.06. The van der Waals surface area contributed by atoms with Crippen molar-refractivity contribution >= 4 is 5.84 Å². The molecule has 0 saturated heterocycles. The average Bonchev–Trinajstić information content (AvgIpc) is 2.94. The molecule has 1 saturated carbocycles. The molecular weight excluding hydrogens is 210 g/mol. The van der Waals surface area contributed by atoms with Crippen molar-refractivity contribution in [1.29, 1.82) is 5.41 Å². The smallest absolute Gasteiger partial charge is 0.122 e. The first-order valence-corrected chi connectivity index (χ1v) is 6.18. The van der Waals surface area contributed by atoms with Gasteiger partial charge in [0.2, 0.25) is 0 Å². The molecule has 1 aliphatic rings. The van der Waals surface area contributed by atoms with Gasteiger partial charge in [0.1, 0.15) is 5.84 Å². The number of benzene rings is 1. The maximum Gasteiger partial charge on any atom is 0.122 e. The van der Waals surface area contributed by atoms with Crippen LogP contribution in [0.1, 0.15) is 24.5 Å². The molecule has 2 rings (SSSR count). The summed E-state index contributed by atoms with van der Waals surface area (Å²) in [5, 5.41) is 7.34. The third kappa shape index (κ3) is 3.30. The fraction of sp³-hybridized carbons (Fsp3) is 0.500. The van der Waals surface area contributed by atoms with E-state index in [0.717, 1.165) is 23.9 Å². The van der Waals surface area contributed by atoms with Gasteiger partial charge < -0.3 is 10.6 Å². The summed E-state index contributed by atoms with van der Waals surface area (Å²) in [6.45, 7) is 4.48. The molecule has 0 radical (unpaired) electrons. The lowest BCUT2D eigenvalue weighted by atomic mass is 10.1. The van der Waals surface area contributed by atoms with Crippen LogP contribution in [0, 0.1) is 17.2 Å². The SMILES string of the molecule is CC1CC1CN(C)Cc1ccc(C(=N)N)cc1. The van der Waals surface area contributed by atoms with Gasteiger partial charge in [0.05, 0.1) is 0 Å². The summed E-state index contributed by atoms with van der Waals surface area (Å²) in [6.07, 6.45) is 1.38. The minimum absolute atomic E-state index is 0.136. The Bertz CT molecular complexity index is 396. The van der Waals surface area contributed by atoms with Crippen molar-refractivity contribution in [3.63, 3.8) is 0 Å². The van der Waals surface area contributed by atoms with E-state index < -0.39 is 0 Å². The van der Waals surface area contributed by atoms with Gasteiger partial charge in [-0.05, 0) is 30.9 Å². The van der Waals surface area contributed by atoms with E-state index in [1.54, 1.807) is 0 Å². The molecule has 0 amide bonds. The standard InChI is InChI=1S/C14H21N3/c1-10-7-13(10)9-17(2)8-11-3-5-12(6-4-11)14(15)16/h3-6,10,13H,7-9H2,1-2H3,(H3,15,16). The van der Waals surface area contributed by atoms with Crippen molar-refractivity contribution in [2.24, 2.45) is 17.6 Å². The van der Waals surface area contributed by atoms with E-state index in [4.69, 9.17) is 11.1 Å². The topological polar surface area (TPSA) is 53.1 Å². The Kier molecular flexibility index (Phi) is 3.48. The van der Waals surface area contributed by atoms with Gasteiger partial charge in [0.25, 0.3) is 0 Å². The van der Waals surface area contributed by atoms with Crippen molar-refractivity contribution in [3.8, 4) is 0 Å². The van der Waals surface area contributed by atoms with Gasteiger partial charge in [-0.15, -0.1) is 0 Å². The van der Waals surface area contributed by atoms with Crippen LogP contribution in [0.3, 0.4) is 0 Å². The first-order chi connectivity index (χ1) is 8.06. The predicted molar refractivity (Wildman–Crippen MR) is 71.1 cm³/mol. The maximum atomic E-state index is 7.34. The molecule has 0 spiro atoms. The number of nitrogen functional groups attached to an aromatic ring is 1. The zero-order chi connectivity index (χ0) is 12.4. The summed E-state index contributed by atoms with van der Waals surface area (Å²) in [6, 6.07) is 7.96. The Morgan fingerprint density at radius 3 is 2.47 bits per heavy atom. The molecule has 3 N–H and O–H groups in total. The summed E-state index contributed by atoms with van der Waals surface area (Å²) in [4.78, 5) is 2.37. The van der Waals surface area contributed by atoms with Crippen molar-refractivity contribution in [1.82, 2.24) is 4.90 Å². The number of hydrogen-bond acceptors (Lipinski definition) is 2. The molecule has 0 aliphatic heterocycles. The lowest BCUT2D eigenvalue weighted by molar-refractivity contribution is 0.307. The highest BCUT2D eigenvalue weighted by Gasteiger charge is 2.32. The zero-order valence-corrected chi connectivity index (χ0v) is 10.6. The summed E-state index contributed by atoms with van der Waals surface area (Å²) < 4.78 is 0. The maximum absolute atomic E-state index is 7.34. The van der Waals surface area contributed by atoms with Gasteiger partial charge in [0, 0.05) is 18.7 Å². The quantitative estimate of drug-likeness (QED) is 0.602. The number of rotatable bonds is 5. The summed E-state index contributed by atoms with van der Waals surface area (Å²) >= 11 is 0. The number of nitrogens with one attached hydrogen (secondary N) is 1. The first kappa shape index (κ1) is 12.1. The molecule has 3 heteroatoms. The monoisotopic (exact) mass is 231 g/mol. The molecule has 1 aromatic carbocycles. The van der Waals surface area contributed by atoms with Crippen LogP contribution >= 0.6 is 0 Å². The van der Waals surface area contributed by atoms with Crippen LogP contribution in [0.2, 0.25) is 0 Å². The number of amidine groups is 1. The van der Waals surface area contributed by atoms with E-state index in [9.17, 15) is 0 Å². The van der Waals surface area contributed by atoms with Crippen molar-refractivity contribution in [3.05, 3.63) is 35.4 Å². The number of hydrogen-bond donors (Lipinski definition) is 2. The van der Waals surface area contributed by atoms with Crippen molar-refractivity contribution < 1.29 is 0 Å². The van der Waals surface area contributed by atoms with Gasteiger partial charge in [-0.25, -0.2) is 0 Å². The Hall–Kier alpha value is -1.35. The van der Waals surface area contributed by atoms with Crippen LogP contribution in [-0.2, 0) is 6.54 Å². The highest BCUT2D eigenvalue weighted by atomic mass is 15.1. The fourth-order valence-electron chi connectivity index (χ4n) is 2.22. The molecule has 1 fully saturated rings. The van der Waals surface area contributed by atoms with Crippen molar-refractivity contribution in [2.75, 3.05) is 13.6 Å². The van der Waals surface area contributed by atoms with Gasteiger partial charge in [-0.2, -0.15) is 0 Å². The average molecular weight is 231 g/mol. The van der Waals surface area contributed by atoms with E-state index in [2.05, 4.69) is 31.0 Å². The minimum atomic E-state index is 0.136. The van der Waals surface area contributed by atoms with Gasteiger partial charge >= 0.3 is 0 Å².